The SMILES string of the molecule is [2H]c1c([2H])c([2H])c2c(c1[2H])Oc1ccc(-c3c([2H])c([2H])c4c(c3[2H])C3(c5c([2H])c([2H])c([2H])c([2H])c5-4)c4c([2H])c([2H])c([2H])c([2H])c4-c4c3c([2H])c([2H])c3c([2H])c([2H])c([2H])c([2H])c43)c3cccc-2c13. The molecule has 0 amide bonds. The highest BCUT2D eigenvalue weighted by atomic mass is 16.5. The van der Waals surface area contributed by atoms with Crippen molar-refractivity contribution in [2.24, 2.45) is 0 Å². The molecule has 8 aromatic carbocycles. The summed E-state index contributed by atoms with van der Waals surface area (Å²) < 4.78 is 198. The first-order valence-electron chi connectivity index (χ1n) is 24.8. The Balaban J connectivity index is 1.39. The predicted molar refractivity (Wildman–Crippen MR) is 189 cm³/mol. The van der Waals surface area contributed by atoms with Gasteiger partial charge in [-0.1, -0.05) is 139 Å². The molecule has 1 heteroatoms. The van der Waals surface area contributed by atoms with Gasteiger partial charge in [-0.3, -0.25) is 0 Å². The number of ether oxygens (including phenoxy) is 1. The molecular formula is C45H26O. The van der Waals surface area contributed by atoms with Crippen LogP contribution in [0.1, 0.15) is 51.0 Å². The number of rotatable bonds is 1. The number of benzene rings is 8. The van der Waals surface area contributed by atoms with Crippen LogP contribution in [0.2, 0.25) is 0 Å². The van der Waals surface area contributed by atoms with Gasteiger partial charge in [0.05, 0.1) is 34.2 Å². The van der Waals surface area contributed by atoms with Crippen LogP contribution in [0.5, 0.6) is 11.5 Å². The predicted octanol–water partition coefficient (Wildman–Crippen LogP) is 11.8. The Morgan fingerprint density at radius 1 is 0.457 bits per heavy atom. The van der Waals surface area contributed by atoms with E-state index in [4.69, 9.17) is 19.8 Å². The van der Waals surface area contributed by atoms with Crippen molar-refractivity contribution in [2.45, 2.75) is 5.41 Å². The third-order valence-electron chi connectivity index (χ3n) is 9.09. The summed E-state index contributed by atoms with van der Waals surface area (Å²) in [5, 5.41) is -0.309. The van der Waals surface area contributed by atoms with Gasteiger partial charge in [-0.15, -0.1) is 0 Å². The molecule has 1 unspecified atom stereocenters. The zero-order chi connectivity index (χ0) is 48.3. The minimum atomic E-state index is -2.60. The van der Waals surface area contributed by atoms with Crippen LogP contribution in [0.15, 0.2) is 157 Å². The normalized spacial score (nSPS) is 22.5. The van der Waals surface area contributed by atoms with E-state index in [0.29, 0.717) is 10.9 Å². The summed E-state index contributed by atoms with van der Waals surface area (Å²) in [6.45, 7) is 0. The first-order valence-corrected chi connectivity index (χ1v) is 14.3. The summed E-state index contributed by atoms with van der Waals surface area (Å²) >= 11 is 0. The average molecular weight is 604 g/mol. The lowest BCUT2D eigenvalue weighted by Gasteiger charge is -2.31. The van der Waals surface area contributed by atoms with Crippen molar-refractivity contribution < 1.29 is 33.5 Å². The number of hydrogen-bond donors (Lipinski definition) is 0. The topological polar surface area (TPSA) is 9.23 Å². The van der Waals surface area contributed by atoms with Gasteiger partial charge in [0.1, 0.15) is 11.5 Å². The van der Waals surface area contributed by atoms with E-state index in [1.807, 2.05) is 0 Å². The molecule has 0 saturated carbocycles. The molecule has 1 nitrogen and oxygen atoms in total. The second-order valence-corrected chi connectivity index (χ2v) is 11.1. The van der Waals surface area contributed by atoms with Gasteiger partial charge < -0.3 is 4.74 Å². The summed E-state index contributed by atoms with van der Waals surface area (Å²) in [6, 6.07) is -7.03. The van der Waals surface area contributed by atoms with Crippen LogP contribution in [-0.2, 0) is 5.41 Å². The van der Waals surface area contributed by atoms with E-state index >= 15 is 0 Å². The fraction of sp³-hybridized carbons (Fsp3) is 0.0222. The lowest BCUT2D eigenvalue weighted by molar-refractivity contribution is 0.487. The van der Waals surface area contributed by atoms with E-state index in [1.165, 1.54) is 12.1 Å². The van der Waals surface area contributed by atoms with Crippen LogP contribution in [0.3, 0.4) is 0 Å². The van der Waals surface area contributed by atoms with Crippen LogP contribution in [-0.4, -0.2) is 0 Å². The fourth-order valence-electron chi connectivity index (χ4n) is 7.32. The van der Waals surface area contributed by atoms with Gasteiger partial charge in [0.2, 0.25) is 0 Å². The molecular weight excluding hydrogens is 556 g/mol. The van der Waals surface area contributed by atoms with E-state index in [9.17, 15) is 13.7 Å². The zero-order valence-corrected chi connectivity index (χ0v) is 23.3. The molecule has 3 aliphatic rings. The Morgan fingerprint density at radius 3 is 2.11 bits per heavy atom. The van der Waals surface area contributed by atoms with E-state index in [0.717, 1.165) is 0 Å². The molecule has 1 atom stereocenters. The maximum absolute atomic E-state index is 10.3. The second-order valence-electron chi connectivity index (χ2n) is 11.1. The third kappa shape index (κ3) is 2.87. The molecule has 0 radical (unpaired) electrons. The lowest BCUT2D eigenvalue weighted by atomic mass is 9.70. The molecule has 212 valence electrons. The van der Waals surface area contributed by atoms with Gasteiger partial charge in [-0.05, 0) is 95.5 Å². The molecule has 0 aromatic heterocycles. The monoisotopic (exact) mass is 603 g/mol. The van der Waals surface area contributed by atoms with Crippen LogP contribution < -0.4 is 4.74 Å². The van der Waals surface area contributed by atoms with E-state index in [1.54, 1.807) is 18.2 Å². The third-order valence-corrected chi connectivity index (χ3v) is 9.09. The van der Waals surface area contributed by atoms with Crippen molar-refractivity contribution in [2.75, 3.05) is 0 Å². The van der Waals surface area contributed by atoms with Gasteiger partial charge in [0.15, 0.2) is 0 Å². The van der Waals surface area contributed by atoms with E-state index < -0.39 is 182 Å². The summed E-state index contributed by atoms with van der Waals surface area (Å²) in [4.78, 5) is 0. The molecule has 0 bridgehead atoms. The highest BCUT2D eigenvalue weighted by Crippen LogP contribution is 2.64. The number of fused-ring (bicyclic) bond motifs is 14. The van der Waals surface area contributed by atoms with Gasteiger partial charge in [0, 0.05) is 10.9 Å². The molecule has 2 aliphatic carbocycles. The number of para-hydroxylation sites is 1. The van der Waals surface area contributed by atoms with E-state index in [2.05, 4.69) is 0 Å². The van der Waals surface area contributed by atoms with Crippen LogP contribution in [0, 0.1) is 0 Å². The lowest BCUT2D eigenvalue weighted by Crippen LogP contribution is -2.25. The quantitative estimate of drug-likeness (QED) is 0.181. The standard InChI is InChI=1S/C45H26O/c1-2-11-30-27(10-1)21-24-39-43(30)36-14-4-7-18-38(36)45(39)37-17-6-3-12-31(37)32-22-20-28(26-40(32)45)29-23-25-42-44-34(29)15-9-16-35(44)33-13-5-8-19-41(33)46-42/h1-26H/i1D,2D,3D,4D,5D,6D,7D,8D,10D,11D,12D,13D,14D,17D,18D,19D,20D,21D,22D,24D,26D. The minimum absolute atomic E-state index is 0.0407. The first-order chi connectivity index (χ1) is 31.6. The molecule has 1 spiro atoms. The maximum atomic E-state index is 10.3. The van der Waals surface area contributed by atoms with Gasteiger partial charge in [-0.2, -0.15) is 0 Å². The maximum Gasteiger partial charge on any atom is 0.135 e. The van der Waals surface area contributed by atoms with Crippen molar-refractivity contribution >= 4 is 21.5 Å². The highest BCUT2D eigenvalue weighted by Gasteiger charge is 2.52. The fourth-order valence-corrected chi connectivity index (χ4v) is 7.32. The molecule has 11 rings (SSSR count). The zero-order valence-electron chi connectivity index (χ0n) is 44.3. The minimum Gasteiger partial charge on any atom is -0.456 e. The van der Waals surface area contributed by atoms with E-state index in [-0.39, 0.29) is 39.1 Å². The largest absolute Gasteiger partial charge is 0.456 e. The van der Waals surface area contributed by atoms with Gasteiger partial charge >= 0.3 is 0 Å². The summed E-state index contributed by atoms with van der Waals surface area (Å²) in [7, 11) is 0. The Kier molecular flexibility index (Phi) is 2.27. The smallest absolute Gasteiger partial charge is 0.135 e. The summed E-state index contributed by atoms with van der Waals surface area (Å²) in [5.74, 6) is 0.0183. The molecule has 1 heterocycles. The Labute approximate surface area is 296 Å². The van der Waals surface area contributed by atoms with Crippen molar-refractivity contribution in [3.05, 3.63) is 179 Å². The Bertz CT molecular complexity index is 3810. The molecule has 0 saturated heterocycles. The van der Waals surface area contributed by atoms with Crippen molar-refractivity contribution in [1.82, 2.24) is 0 Å². The second kappa shape index (κ2) is 8.62. The van der Waals surface area contributed by atoms with Crippen molar-refractivity contribution in [1.29, 1.82) is 0 Å². The molecule has 46 heavy (non-hydrogen) atoms. The molecule has 0 fully saturated rings. The van der Waals surface area contributed by atoms with Crippen molar-refractivity contribution in [3.63, 3.8) is 0 Å². The van der Waals surface area contributed by atoms with Crippen LogP contribution in [0.4, 0.5) is 0 Å². The van der Waals surface area contributed by atoms with Crippen LogP contribution in [0.25, 0.3) is 66.1 Å². The average Bonchev–Trinajstić information content (AvgIpc) is 3.80. The molecule has 8 aromatic rings. The van der Waals surface area contributed by atoms with Gasteiger partial charge in [0.25, 0.3) is 0 Å². The summed E-state index contributed by atoms with van der Waals surface area (Å²) in [5.41, 5.74) is -5.80. The first kappa shape index (κ1) is 12.1. The number of hydrogen-bond acceptors (Lipinski definition) is 1. The van der Waals surface area contributed by atoms with Crippen molar-refractivity contribution in [3.8, 4) is 56.0 Å². The molecule has 0 N–H and O–H groups in total. The Hall–Kier alpha value is -5.92. The van der Waals surface area contributed by atoms with Gasteiger partial charge in [-0.25, -0.2) is 0 Å². The summed E-state index contributed by atoms with van der Waals surface area (Å²) in [6.07, 6.45) is 0. The Morgan fingerprint density at radius 2 is 1.20 bits per heavy atom. The molecule has 1 aliphatic heterocycles. The highest BCUT2D eigenvalue weighted by molar-refractivity contribution is 6.11. The van der Waals surface area contributed by atoms with Crippen LogP contribution >= 0.6 is 0 Å².